The van der Waals surface area contributed by atoms with Gasteiger partial charge in [-0.3, -0.25) is 4.79 Å². The number of imidazole rings is 1. The first-order valence-corrected chi connectivity index (χ1v) is 15.1. The summed E-state index contributed by atoms with van der Waals surface area (Å²) in [6, 6.07) is 1.60. The van der Waals surface area contributed by atoms with E-state index >= 15 is 0 Å². The third-order valence-corrected chi connectivity index (χ3v) is 7.91. The number of H-pyrrole nitrogens is 1. The van der Waals surface area contributed by atoms with Gasteiger partial charge in [-0.25, -0.2) is 14.1 Å². The topological polar surface area (TPSA) is 77.0 Å². The summed E-state index contributed by atoms with van der Waals surface area (Å²) < 4.78 is 7.03. The molecule has 0 aliphatic heterocycles. The van der Waals surface area contributed by atoms with E-state index in [9.17, 15) is 9.59 Å². The molecule has 2 heterocycles. The van der Waals surface area contributed by atoms with E-state index < -0.39 is 0 Å². The summed E-state index contributed by atoms with van der Waals surface area (Å²) in [4.78, 5) is 30.2. The van der Waals surface area contributed by atoms with Crippen LogP contribution in [0.3, 0.4) is 0 Å². The number of fused-ring (bicyclic) bond motifs is 1. The smallest absolute Gasteiger partial charge is 0.331 e. The molecule has 178 valence electrons. The van der Waals surface area contributed by atoms with Crippen molar-refractivity contribution < 1.29 is 9.53 Å². The van der Waals surface area contributed by atoms with Crippen molar-refractivity contribution in [3.63, 3.8) is 0 Å². The predicted octanol–water partition coefficient (Wildman–Crippen LogP) is 7.01. The molecule has 3 rings (SSSR count). The van der Waals surface area contributed by atoms with Crippen LogP contribution >= 0.6 is 51.6 Å². The second-order valence-electron chi connectivity index (χ2n) is 9.04. The molecule has 1 fully saturated rings. The van der Waals surface area contributed by atoms with E-state index in [2.05, 4.69) is 44.9 Å². The summed E-state index contributed by atoms with van der Waals surface area (Å²) in [6.07, 6.45) is 14.5. The highest BCUT2D eigenvalue weighted by Gasteiger charge is 2.40. The van der Waals surface area contributed by atoms with Crippen LogP contribution in [0.5, 0.6) is 0 Å². The molecule has 1 aliphatic carbocycles. The Morgan fingerprint density at radius 1 is 1.22 bits per heavy atom. The van der Waals surface area contributed by atoms with E-state index in [0.29, 0.717) is 22.1 Å². The molecule has 10 heteroatoms. The Kier molecular flexibility index (Phi) is 11.5. The van der Waals surface area contributed by atoms with Gasteiger partial charge >= 0.3 is 11.7 Å². The van der Waals surface area contributed by atoms with Gasteiger partial charge in [0, 0.05) is 0 Å². The number of aromatic nitrogens is 3. The SMILES string of the molecule is C#C.CC(C)(C)OC(=O)C(C)(C)C1CCCCC1.O=c1[nH]c2cc(Cl)c(Cl)nc2n1PI. The minimum Gasteiger partial charge on any atom is -0.460 e. The maximum Gasteiger partial charge on any atom is 0.331 e. The lowest BCUT2D eigenvalue weighted by Gasteiger charge is -2.36. The van der Waals surface area contributed by atoms with Crippen LogP contribution in [0.25, 0.3) is 11.2 Å². The molecule has 1 aliphatic rings. The Balaban J connectivity index is 0.000000299. The van der Waals surface area contributed by atoms with E-state index in [1.807, 2.05) is 34.6 Å². The number of terminal acetylenes is 1. The number of hydrogen-bond acceptors (Lipinski definition) is 4. The van der Waals surface area contributed by atoms with Crippen molar-refractivity contribution in [2.24, 2.45) is 11.3 Å². The third-order valence-electron chi connectivity index (χ3n) is 5.20. The highest BCUT2D eigenvalue weighted by atomic mass is 127. The quantitative estimate of drug-likeness (QED) is 0.133. The zero-order valence-electron chi connectivity index (χ0n) is 19.1. The van der Waals surface area contributed by atoms with Gasteiger partial charge in [0.15, 0.2) is 5.65 Å². The summed E-state index contributed by atoms with van der Waals surface area (Å²) in [5.41, 5.74) is 0.251. The molecule has 0 spiro atoms. The highest BCUT2D eigenvalue weighted by Crippen LogP contribution is 2.39. The van der Waals surface area contributed by atoms with Gasteiger partial charge in [0.1, 0.15) is 10.8 Å². The number of nitrogens with zero attached hydrogens (tertiary/aromatic N) is 2. The lowest BCUT2D eigenvalue weighted by Crippen LogP contribution is -2.39. The summed E-state index contributed by atoms with van der Waals surface area (Å²) >= 11 is 13.6. The maximum atomic E-state index is 12.2. The van der Waals surface area contributed by atoms with Crippen LogP contribution in [0.2, 0.25) is 10.2 Å². The van der Waals surface area contributed by atoms with Crippen LogP contribution in [0.15, 0.2) is 10.9 Å². The summed E-state index contributed by atoms with van der Waals surface area (Å²) in [5.74, 6) is 0.461. The zero-order valence-corrected chi connectivity index (χ0v) is 23.8. The molecule has 32 heavy (non-hydrogen) atoms. The standard InChI is InChI=1S/C14H26O2.C6H3Cl2IN3OP.C2H2/c1-13(2,3)16-12(15)14(4,5)11-9-7-6-8-10-11;7-2-1-3-5(11-4(2)8)12(14-9)6(13)10-3;1-2/h11H,6-10H2,1-5H3;1,14H,(H,10,13);1-2H. The van der Waals surface area contributed by atoms with Gasteiger partial charge in [-0.15, -0.1) is 12.8 Å². The second kappa shape index (κ2) is 12.6. The van der Waals surface area contributed by atoms with E-state index in [4.69, 9.17) is 27.9 Å². The molecule has 0 radical (unpaired) electrons. The number of aromatic amines is 1. The Hall–Kier alpha value is -0.810. The van der Waals surface area contributed by atoms with Crippen LogP contribution < -0.4 is 5.69 Å². The number of esters is 1. The molecule has 0 amide bonds. The fourth-order valence-electron chi connectivity index (χ4n) is 3.47. The summed E-state index contributed by atoms with van der Waals surface area (Å²) in [7, 11) is 0. The molecule has 0 bridgehead atoms. The van der Waals surface area contributed by atoms with Crippen LogP contribution in [0, 0.1) is 24.2 Å². The minimum absolute atomic E-state index is 0.0353. The number of pyridine rings is 1. The Morgan fingerprint density at radius 3 is 2.28 bits per heavy atom. The number of halogens is 3. The average molecular weight is 614 g/mol. The van der Waals surface area contributed by atoms with Gasteiger partial charge in [-0.05, 0) is 81.5 Å². The first-order chi connectivity index (χ1) is 14.9. The average Bonchev–Trinajstić information content (AvgIpc) is 3.03. The Labute approximate surface area is 214 Å². The van der Waals surface area contributed by atoms with Crippen molar-refractivity contribution in [2.45, 2.75) is 72.3 Å². The van der Waals surface area contributed by atoms with Crippen molar-refractivity contribution in [2.75, 3.05) is 0 Å². The first kappa shape index (κ1) is 29.2. The molecule has 2 aromatic heterocycles. The van der Waals surface area contributed by atoms with Gasteiger partial charge in [0.05, 0.1) is 22.3 Å². The van der Waals surface area contributed by atoms with Crippen LogP contribution in [0.1, 0.15) is 66.7 Å². The number of carbonyl (C=O) groups excluding carboxylic acids is 1. The van der Waals surface area contributed by atoms with Crippen molar-refractivity contribution >= 4 is 68.7 Å². The monoisotopic (exact) mass is 613 g/mol. The number of nitrogens with one attached hydrogen (secondary N) is 1. The largest absolute Gasteiger partial charge is 0.460 e. The van der Waals surface area contributed by atoms with E-state index in [1.165, 1.54) is 36.4 Å². The van der Waals surface area contributed by atoms with Gasteiger partial charge in [0.2, 0.25) is 0 Å². The Morgan fingerprint density at radius 2 is 1.78 bits per heavy atom. The molecule has 2 aromatic rings. The molecule has 0 aromatic carbocycles. The molecule has 1 atom stereocenters. The number of hydrogen-bond donors (Lipinski definition) is 1. The molecule has 0 saturated heterocycles. The van der Waals surface area contributed by atoms with E-state index in [1.54, 1.807) is 6.07 Å². The van der Waals surface area contributed by atoms with Crippen molar-refractivity contribution in [3.8, 4) is 12.8 Å². The number of ether oxygens (including phenoxy) is 1. The predicted molar refractivity (Wildman–Crippen MR) is 144 cm³/mol. The van der Waals surface area contributed by atoms with Crippen molar-refractivity contribution in [1.82, 2.24) is 14.3 Å². The fourth-order valence-corrected chi connectivity index (χ4v) is 5.48. The molecular weight excluding hydrogens is 583 g/mol. The molecule has 1 saturated carbocycles. The Bertz CT molecular complexity index is 990. The third kappa shape index (κ3) is 7.90. The zero-order chi connectivity index (χ0) is 24.7. The van der Waals surface area contributed by atoms with Gasteiger partial charge < -0.3 is 9.72 Å². The number of carbonyl (C=O) groups is 1. The normalized spacial score (nSPS) is 15.1. The van der Waals surface area contributed by atoms with Gasteiger partial charge in [-0.2, -0.15) is 0 Å². The molecule has 1 N–H and O–H groups in total. The first-order valence-electron chi connectivity index (χ1n) is 10.3. The number of rotatable bonds is 3. The van der Waals surface area contributed by atoms with E-state index in [-0.39, 0.29) is 34.2 Å². The van der Waals surface area contributed by atoms with Crippen LogP contribution in [-0.2, 0) is 9.53 Å². The van der Waals surface area contributed by atoms with Crippen LogP contribution in [0.4, 0.5) is 0 Å². The molecular formula is C22H31Cl2IN3O3P. The molecule has 6 nitrogen and oxygen atoms in total. The summed E-state index contributed by atoms with van der Waals surface area (Å²) in [5, 5.41) is 0.547. The van der Waals surface area contributed by atoms with Crippen LogP contribution in [-0.4, -0.2) is 25.9 Å². The second-order valence-corrected chi connectivity index (χ2v) is 11.9. The maximum absolute atomic E-state index is 12.2. The van der Waals surface area contributed by atoms with E-state index in [0.717, 1.165) is 0 Å². The summed E-state index contributed by atoms with van der Waals surface area (Å²) in [6.45, 7) is 9.87. The lowest BCUT2D eigenvalue weighted by atomic mass is 9.71. The highest BCUT2D eigenvalue weighted by molar-refractivity contribution is 14.2. The van der Waals surface area contributed by atoms with Crippen molar-refractivity contribution in [1.29, 1.82) is 0 Å². The van der Waals surface area contributed by atoms with Crippen molar-refractivity contribution in [3.05, 3.63) is 26.7 Å². The molecule has 1 unspecified atom stereocenters. The van der Waals surface area contributed by atoms with Gasteiger partial charge in [-0.1, -0.05) is 42.5 Å². The minimum atomic E-state index is -0.372. The fraction of sp³-hybridized carbons (Fsp3) is 0.591. The lowest BCUT2D eigenvalue weighted by molar-refractivity contribution is -0.169. The van der Waals surface area contributed by atoms with Gasteiger partial charge in [0.25, 0.3) is 0 Å².